The van der Waals surface area contributed by atoms with Crippen LogP contribution in [0.3, 0.4) is 0 Å². The number of hydrogen-bond acceptors (Lipinski definition) is 6. The lowest BCUT2D eigenvalue weighted by molar-refractivity contribution is 0.951. The number of nitrogens with two attached hydrogens (primary N) is 2. The predicted octanol–water partition coefficient (Wildman–Crippen LogP) is 1.84. The minimum absolute atomic E-state index is 0.0312. The van der Waals surface area contributed by atoms with Gasteiger partial charge in [0, 0.05) is 5.56 Å². The van der Waals surface area contributed by atoms with Crippen LogP contribution >= 0.6 is 0 Å². The molecular weight excluding hydrogens is 278 g/mol. The molecule has 0 saturated carbocycles. The maximum Gasteiger partial charge on any atom is 0.167 e. The van der Waals surface area contributed by atoms with Gasteiger partial charge >= 0.3 is 0 Å². The van der Waals surface area contributed by atoms with Crippen molar-refractivity contribution in [2.24, 2.45) is 0 Å². The highest BCUT2D eigenvalue weighted by molar-refractivity contribution is 6.07. The number of hydrogen-bond donors (Lipinski definition) is 3. The van der Waals surface area contributed by atoms with Gasteiger partial charge in [0.2, 0.25) is 0 Å². The normalized spacial score (nSPS) is 10.5. The Hall–Kier alpha value is -3.40. The van der Waals surface area contributed by atoms with Gasteiger partial charge in [-0.25, -0.2) is 4.98 Å². The fourth-order valence-corrected chi connectivity index (χ4v) is 2.33. The Morgan fingerprint density at radius 3 is 2.68 bits per heavy atom. The minimum Gasteiger partial charge on any atom is -0.383 e. The zero-order valence-corrected chi connectivity index (χ0v) is 11.6. The van der Waals surface area contributed by atoms with E-state index in [-0.39, 0.29) is 29.3 Å². The molecular formula is C15H13N7. The molecule has 0 aliphatic carbocycles. The Morgan fingerprint density at radius 2 is 2.00 bits per heavy atom. The molecule has 0 aliphatic rings. The molecule has 0 unspecified atom stereocenters. The third kappa shape index (κ3) is 2.03. The van der Waals surface area contributed by atoms with E-state index >= 15 is 0 Å². The van der Waals surface area contributed by atoms with Gasteiger partial charge in [-0.1, -0.05) is 30.3 Å². The Kier molecular flexibility index (Phi) is 3.20. The van der Waals surface area contributed by atoms with Gasteiger partial charge in [0.25, 0.3) is 0 Å². The number of fused-ring (bicyclic) bond motifs is 1. The molecule has 0 bridgehead atoms. The largest absolute Gasteiger partial charge is 0.383 e. The van der Waals surface area contributed by atoms with Crippen molar-refractivity contribution in [2.75, 3.05) is 11.5 Å². The van der Waals surface area contributed by atoms with Crippen molar-refractivity contribution in [3.63, 3.8) is 0 Å². The Labute approximate surface area is 126 Å². The summed E-state index contributed by atoms with van der Waals surface area (Å²) >= 11 is 0. The van der Waals surface area contributed by atoms with Crippen molar-refractivity contribution in [2.45, 2.75) is 6.42 Å². The van der Waals surface area contributed by atoms with E-state index in [1.807, 2.05) is 36.4 Å². The minimum atomic E-state index is -0.0889. The summed E-state index contributed by atoms with van der Waals surface area (Å²) in [6, 6.07) is 11.6. The van der Waals surface area contributed by atoms with Gasteiger partial charge in [-0.3, -0.25) is 0 Å². The van der Waals surface area contributed by atoms with Crippen LogP contribution in [-0.4, -0.2) is 20.3 Å². The molecule has 2 aromatic heterocycles. The lowest BCUT2D eigenvalue weighted by Gasteiger charge is -2.10. The smallest absolute Gasteiger partial charge is 0.167 e. The van der Waals surface area contributed by atoms with Gasteiger partial charge in [0.15, 0.2) is 5.65 Å². The van der Waals surface area contributed by atoms with Crippen LogP contribution in [-0.2, 0) is 0 Å². The van der Waals surface area contributed by atoms with Gasteiger partial charge in [0.05, 0.1) is 30.0 Å². The number of nitrogen functional groups attached to an aromatic ring is 2. The molecule has 0 amide bonds. The van der Waals surface area contributed by atoms with Crippen molar-refractivity contribution in [3.05, 3.63) is 42.1 Å². The molecule has 2 heterocycles. The summed E-state index contributed by atoms with van der Waals surface area (Å²) in [5.74, 6) is 0.341. The first-order valence-electron chi connectivity index (χ1n) is 6.56. The Morgan fingerprint density at radius 1 is 1.27 bits per heavy atom. The zero-order chi connectivity index (χ0) is 15.7. The van der Waals surface area contributed by atoms with Crippen LogP contribution in [0.4, 0.5) is 11.6 Å². The topological polar surface area (TPSA) is 130 Å². The summed E-state index contributed by atoms with van der Waals surface area (Å²) in [7, 11) is 0. The summed E-state index contributed by atoms with van der Waals surface area (Å²) in [4.78, 5) is 4.32. The molecule has 3 aromatic rings. The van der Waals surface area contributed by atoms with E-state index in [1.54, 1.807) is 6.20 Å². The molecule has 0 saturated heterocycles. The number of nitrogens with zero attached hydrogens (tertiary/aromatic N) is 4. The van der Waals surface area contributed by atoms with Crippen molar-refractivity contribution in [3.8, 4) is 17.2 Å². The SMILES string of the molecule is N#CCC(=N)c1c(N)nc2c(-c3ccccc3)cnn2c1N. The fourth-order valence-electron chi connectivity index (χ4n) is 2.33. The molecule has 22 heavy (non-hydrogen) atoms. The molecule has 0 aliphatic heterocycles. The summed E-state index contributed by atoms with van der Waals surface area (Å²) in [6.45, 7) is 0. The van der Waals surface area contributed by atoms with Crippen molar-refractivity contribution >= 4 is 23.0 Å². The van der Waals surface area contributed by atoms with Crippen molar-refractivity contribution in [1.82, 2.24) is 14.6 Å². The van der Waals surface area contributed by atoms with Crippen LogP contribution in [0.15, 0.2) is 36.5 Å². The third-order valence-electron chi connectivity index (χ3n) is 3.35. The van der Waals surface area contributed by atoms with E-state index < -0.39 is 0 Å². The predicted molar refractivity (Wildman–Crippen MR) is 84.3 cm³/mol. The second kappa shape index (κ2) is 5.18. The molecule has 0 spiro atoms. The van der Waals surface area contributed by atoms with E-state index in [2.05, 4.69) is 10.1 Å². The average molecular weight is 291 g/mol. The second-order valence-electron chi connectivity index (χ2n) is 4.73. The van der Waals surface area contributed by atoms with Crippen LogP contribution in [0.1, 0.15) is 12.0 Å². The quantitative estimate of drug-likeness (QED) is 0.634. The molecule has 7 nitrogen and oxygen atoms in total. The first-order valence-corrected chi connectivity index (χ1v) is 6.56. The number of anilines is 2. The van der Waals surface area contributed by atoms with E-state index in [0.717, 1.165) is 11.1 Å². The van der Waals surface area contributed by atoms with E-state index in [1.165, 1.54) is 4.52 Å². The van der Waals surface area contributed by atoms with Crippen LogP contribution in [0.2, 0.25) is 0 Å². The lowest BCUT2D eigenvalue weighted by Crippen LogP contribution is -2.14. The van der Waals surface area contributed by atoms with Gasteiger partial charge in [-0.15, -0.1) is 0 Å². The number of aromatic nitrogens is 3. The number of benzene rings is 1. The highest BCUT2D eigenvalue weighted by Crippen LogP contribution is 2.28. The van der Waals surface area contributed by atoms with Crippen molar-refractivity contribution in [1.29, 1.82) is 10.7 Å². The third-order valence-corrected chi connectivity index (χ3v) is 3.35. The van der Waals surface area contributed by atoms with E-state index in [4.69, 9.17) is 22.1 Å². The monoisotopic (exact) mass is 291 g/mol. The van der Waals surface area contributed by atoms with Gasteiger partial charge < -0.3 is 16.9 Å². The summed E-state index contributed by atoms with van der Waals surface area (Å²) in [6.07, 6.45) is 1.57. The number of nitriles is 1. The lowest BCUT2D eigenvalue weighted by atomic mass is 10.1. The number of rotatable bonds is 3. The Balaban J connectivity index is 2.24. The first kappa shape index (κ1) is 13.6. The molecule has 7 heteroatoms. The summed E-state index contributed by atoms with van der Waals surface area (Å²) < 4.78 is 1.44. The number of nitrogens with one attached hydrogen (secondary N) is 1. The van der Waals surface area contributed by atoms with Crippen LogP contribution < -0.4 is 11.5 Å². The fraction of sp³-hybridized carbons (Fsp3) is 0.0667. The van der Waals surface area contributed by atoms with Crippen LogP contribution in [0, 0.1) is 16.7 Å². The molecule has 5 N–H and O–H groups in total. The zero-order valence-electron chi connectivity index (χ0n) is 11.6. The van der Waals surface area contributed by atoms with Gasteiger partial charge in [-0.2, -0.15) is 14.9 Å². The summed E-state index contributed by atoms with van der Waals surface area (Å²) in [5.41, 5.74) is 14.6. The average Bonchev–Trinajstić information content (AvgIpc) is 2.92. The van der Waals surface area contributed by atoms with Gasteiger partial charge in [0.1, 0.15) is 11.6 Å². The molecule has 1 aromatic carbocycles. The maximum atomic E-state index is 8.73. The maximum absolute atomic E-state index is 8.73. The highest BCUT2D eigenvalue weighted by atomic mass is 15.3. The standard InChI is InChI=1S/C15H13N7/c16-7-6-11(17)12-13(18)21-15-10(8-20-22(15)14(12)19)9-4-2-1-3-5-9/h1-5,8,17H,6,19H2,(H2,18,21). The highest BCUT2D eigenvalue weighted by Gasteiger charge is 2.18. The van der Waals surface area contributed by atoms with Crippen LogP contribution in [0.5, 0.6) is 0 Å². The van der Waals surface area contributed by atoms with E-state index in [9.17, 15) is 0 Å². The first-order chi connectivity index (χ1) is 10.6. The molecule has 0 radical (unpaired) electrons. The van der Waals surface area contributed by atoms with Gasteiger partial charge in [-0.05, 0) is 5.56 Å². The van der Waals surface area contributed by atoms with E-state index in [0.29, 0.717) is 5.65 Å². The van der Waals surface area contributed by atoms with Crippen LogP contribution in [0.25, 0.3) is 16.8 Å². The molecule has 3 rings (SSSR count). The molecule has 0 fully saturated rings. The molecule has 0 atom stereocenters. The summed E-state index contributed by atoms with van der Waals surface area (Å²) in [5, 5.41) is 20.9. The molecule has 108 valence electrons. The Bertz CT molecular complexity index is 903. The van der Waals surface area contributed by atoms with Crippen molar-refractivity contribution < 1.29 is 0 Å². The second-order valence-corrected chi connectivity index (χ2v) is 4.73.